The quantitative estimate of drug-likeness (QED) is 0.153. The molecule has 2 rings (SSSR count). The number of carboxylic acid groups (broad SMARTS) is 1. The summed E-state index contributed by atoms with van der Waals surface area (Å²) in [5, 5.41) is 35.2. The van der Waals surface area contributed by atoms with Crippen molar-refractivity contribution in [2.75, 3.05) is 0 Å². The molecule has 10 N–H and O–H groups in total. The van der Waals surface area contributed by atoms with Gasteiger partial charge in [0, 0.05) is 6.42 Å². The average molecular weight is 530 g/mol. The van der Waals surface area contributed by atoms with Gasteiger partial charge in [-0.2, -0.15) is 0 Å². The molecule has 0 aliphatic carbocycles. The number of hydrogen-bond donors (Lipinski definition) is 8. The number of phenols is 2. The molecule has 0 saturated heterocycles. The number of nitrogens with one attached hydrogen (secondary N) is 3. The van der Waals surface area contributed by atoms with Crippen LogP contribution in [0.3, 0.4) is 0 Å². The van der Waals surface area contributed by atoms with E-state index >= 15 is 0 Å². The fraction of sp³-hybridized carbons (Fsp3) is 0.320. The topological polar surface area (TPSA) is 234 Å². The number of benzene rings is 2. The van der Waals surface area contributed by atoms with Crippen molar-refractivity contribution >= 4 is 29.6 Å². The summed E-state index contributed by atoms with van der Waals surface area (Å²) in [5.74, 6) is -4.70. The highest BCUT2D eigenvalue weighted by molar-refractivity contribution is 5.96. The molecule has 2 aromatic rings. The van der Waals surface area contributed by atoms with Crippen molar-refractivity contribution in [3.63, 3.8) is 0 Å². The summed E-state index contributed by atoms with van der Waals surface area (Å²) in [7, 11) is 0. The third kappa shape index (κ3) is 9.43. The zero-order valence-electron chi connectivity index (χ0n) is 20.6. The summed E-state index contributed by atoms with van der Waals surface area (Å²) in [4.78, 5) is 61.1. The van der Waals surface area contributed by atoms with Crippen molar-refractivity contribution in [3.05, 3.63) is 59.7 Å². The first kappa shape index (κ1) is 29.6. The summed E-state index contributed by atoms with van der Waals surface area (Å²) < 4.78 is 0. The van der Waals surface area contributed by atoms with E-state index in [0.29, 0.717) is 11.1 Å². The van der Waals surface area contributed by atoms with Crippen LogP contribution < -0.4 is 27.4 Å². The lowest BCUT2D eigenvalue weighted by atomic mass is 10.0. The van der Waals surface area contributed by atoms with E-state index in [2.05, 4.69) is 16.0 Å². The highest BCUT2D eigenvalue weighted by atomic mass is 16.4. The highest BCUT2D eigenvalue weighted by Gasteiger charge is 2.30. The van der Waals surface area contributed by atoms with Gasteiger partial charge >= 0.3 is 5.97 Å². The molecular formula is C25H31N5O8. The van der Waals surface area contributed by atoms with E-state index in [1.807, 2.05) is 0 Å². The fourth-order valence-corrected chi connectivity index (χ4v) is 3.41. The van der Waals surface area contributed by atoms with Crippen molar-refractivity contribution < 1.29 is 39.3 Å². The van der Waals surface area contributed by atoms with Crippen molar-refractivity contribution in [1.29, 1.82) is 0 Å². The third-order valence-corrected chi connectivity index (χ3v) is 5.51. The van der Waals surface area contributed by atoms with Gasteiger partial charge < -0.3 is 42.7 Å². The molecule has 2 aromatic carbocycles. The summed E-state index contributed by atoms with van der Waals surface area (Å²) in [6, 6.07) is 6.67. The monoisotopic (exact) mass is 529 g/mol. The predicted molar refractivity (Wildman–Crippen MR) is 135 cm³/mol. The molecule has 0 fully saturated rings. The second kappa shape index (κ2) is 13.6. The first-order valence-corrected chi connectivity index (χ1v) is 11.6. The van der Waals surface area contributed by atoms with Gasteiger partial charge in [-0.3, -0.25) is 19.2 Å². The van der Waals surface area contributed by atoms with Crippen LogP contribution in [0.15, 0.2) is 48.5 Å². The Balaban J connectivity index is 2.00. The van der Waals surface area contributed by atoms with Gasteiger partial charge in [0.05, 0.1) is 12.5 Å². The summed E-state index contributed by atoms with van der Waals surface area (Å²) in [6.45, 7) is 1.34. The van der Waals surface area contributed by atoms with Crippen LogP contribution in [0.2, 0.25) is 0 Å². The molecule has 13 nitrogen and oxygen atoms in total. The fourth-order valence-electron chi connectivity index (χ4n) is 3.41. The zero-order valence-corrected chi connectivity index (χ0v) is 20.6. The number of carboxylic acids is 1. The molecule has 0 aromatic heterocycles. The molecule has 4 amide bonds. The first-order chi connectivity index (χ1) is 17.8. The molecule has 0 saturated carbocycles. The van der Waals surface area contributed by atoms with Crippen LogP contribution in [-0.4, -0.2) is 69.1 Å². The molecule has 4 unspecified atom stereocenters. The SMILES string of the molecule is CC(NC(=O)C(N)Cc1ccc(O)cc1)C(=O)NC(CC(N)=O)C(=O)NC(Cc1ccc(O)cc1)C(=O)O. The minimum absolute atomic E-state index is 0.0172. The number of amides is 4. The molecule has 38 heavy (non-hydrogen) atoms. The van der Waals surface area contributed by atoms with Gasteiger partial charge in [-0.25, -0.2) is 4.79 Å². The molecule has 0 bridgehead atoms. The van der Waals surface area contributed by atoms with E-state index in [-0.39, 0.29) is 24.3 Å². The first-order valence-electron chi connectivity index (χ1n) is 11.6. The Kier molecular flexibility index (Phi) is 10.6. The van der Waals surface area contributed by atoms with Gasteiger partial charge in [0.2, 0.25) is 23.6 Å². The molecule has 0 radical (unpaired) electrons. The van der Waals surface area contributed by atoms with Crippen LogP contribution in [-0.2, 0) is 36.8 Å². The van der Waals surface area contributed by atoms with Gasteiger partial charge in [0.1, 0.15) is 29.6 Å². The van der Waals surface area contributed by atoms with Gasteiger partial charge in [0.15, 0.2) is 0 Å². The van der Waals surface area contributed by atoms with Gasteiger partial charge in [0.25, 0.3) is 0 Å². The van der Waals surface area contributed by atoms with E-state index in [0.717, 1.165) is 0 Å². The smallest absolute Gasteiger partial charge is 0.326 e. The van der Waals surface area contributed by atoms with E-state index in [1.165, 1.54) is 43.3 Å². The van der Waals surface area contributed by atoms with Crippen LogP contribution in [0.25, 0.3) is 0 Å². The number of hydrogen-bond acceptors (Lipinski definition) is 8. The van der Waals surface area contributed by atoms with Crippen LogP contribution in [0.4, 0.5) is 0 Å². The highest BCUT2D eigenvalue weighted by Crippen LogP contribution is 2.12. The number of aromatic hydroxyl groups is 2. The molecule has 0 aliphatic heterocycles. The van der Waals surface area contributed by atoms with Crippen molar-refractivity contribution in [1.82, 2.24) is 16.0 Å². The lowest BCUT2D eigenvalue weighted by Gasteiger charge is -2.23. The average Bonchev–Trinajstić information content (AvgIpc) is 2.85. The van der Waals surface area contributed by atoms with Crippen molar-refractivity contribution in [2.45, 2.75) is 50.4 Å². The van der Waals surface area contributed by atoms with Crippen LogP contribution >= 0.6 is 0 Å². The predicted octanol–water partition coefficient (Wildman–Crippen LogP) is -1.36. The minimum Gasteiger partial charge on any atom is -0.508 e. The Morgan fingerprint density at radius 3 is 1.68 bits per heavy atom. The Labute approximate surface area is 218 Å². The number of carbonyl (C=O) groups excluding carboxylic acids is 4. The second-order valence-electron chi connectivity index (χ2n) is 8.71. The number of rotatable bonds is 13. The van der Waals surface area contributed by atoms with Crippen LogP contribution in [0.5, 0.6) is 11.5 Å². The Morgan fingerprint density at radius 2 is 1.21 bits per heavy atom. The van der Waals surface area contributed by atoms with Crippen LogP contribution in [0, 0.1) is 0 Å². The van der Waals surface area contributed by atoms with Gasteiger partial charge in [-0.1, -0.05) is 24.3 Å². The third-order valence-electron chi connectivity index (χ3n) is 5.51. The molecule has 204 valence electrons. The second-order valence-corrected chi connectivity index (χ2v) is 8.71. The Bertz CT molecular complexity index is 1150. The molecule has 0 aliphatic rings. The number of nitrogens with two attached hydrogens (primary N) is 2. The summed E-state index contributed by atoms with van der Waals surface area (Å²) in [6.07, 6.45) is -0.626. The Morgan fingerprint density at radius 1 is 0.737 bits per heavy atom. The van der Waals surface area contributed by atoms with Gasteiger partial charge in [-0.05, 0) is 48.7 Å². The number of phenolic OH excluding ortho intramolecular Hbond substituents is 2. The van der Waals surface area contributed by atoms with E-state index < -0.39 is 60.2 Å². The van der Waals surface area contributed by atoms with Crippen LogP contribution in [0.1, 0.15) is 24.5 Å². The molecular weight excluding hydrogens is 498 g/mol. The maximum atomic E-state index is 12.8. The number of carbonyl (C=O) groups is 5. The molecule has 0 heterocycles. The number of aliphatic carboxylic acids is 1. The summed E-state index contributed by atoms with van der Waals surface area (Å²) >= 11 is 0. The lowest BCUT2D eigenvalue weighted by molar-refractivity contribution is -0.142. The van der Waals surface area contributed by atoms with Crippen molar-refractivity contribution in [3.8, 4) is 11.5 Å². The minimum atomic E-state index is -1.51. The maximum absolute atomic E-state index is 12.8. The number of primary amides is 1. The van der Waals surface area contributed by atoms with E-state index in [4.69, 9.17) is 11.5 Å². The van der Waals surface area contributed by atoms with E-state index in [1.54, 1.807) is 12.1 Å². The van der Waals surface area contributed by atoms with Crippen molar-refractivity contribution in [2.24, 2.45) is 11.5 Å². The zero-order chi connectivity index (χ0) is 28.4. The maximum Gasteiger partial charge on any atom is 0.326 e. The standard InChI is InChI=1S/C25H31N5O8/c1-13(28-23(35)18(26)10-14-2-6-16(31)7-3-14)22(34)29-19(12-21(27)33)24(36)30-20(25(37)38)11-15-4-8-17(32)9-5-15/h2-9,13,18-20,31-32H,10-12,26H2,1H3,(H2,27,33)(H,28,35)(H,29,34)(H,30,36)(H,37,38). The largest absolute Gasteiger partial charge is 0.508 e. The molecule has 0 spiro atoms. The molecule has 13 heteroatoms. The van der Waals surface area contributed by atoms with Gasteiger partial charge in [-0.15, -0.1) is 0 Å². The normalized spacial score (nSPS) is 13.8. The lowest BCUT2D eigenvalue weighted by Crippen LogP contribution is -2.57. The Hall–Kier alpha value is -4.65. The summed E-state index contributed by atoms with van der Waals surface area (Å²) in [5.41, 5.74) is 12.3. The molecule has 4 atom stereocenters. The van der Waals surface area contributed by atoms with E-state index in [9.17, 15) is 39.3 Å².